The molecule has 0 aliphatic carbocycles. The molecule has 172 valence electrons. The number of hydrogen-bond acceptors (Lipinski definition) is 7. The number of fused-ring (bicyclic) bond motifs is 1. The van der Waals surface area contributed by atoms with E-state index in [1.165, 1.54) is 18.2 Å². The number of rotatable bonds is 4. The molecule has 0 aliphatic rings. The molecule has 0 fully saturated rings. The Hall–Kier alpha value is -2.72. The van der Waals surface area contributed by atoms with Crippen molar-refractivity contribution in [3.63, 3.8) is 0 Å². The van der Waals surface area contributed by atoms with E-state index in [1.807, 2.05) is 0 Å². The minimum absolute atomic E-state index is 0.174. The van der Waals surface area contributed by atoms with Crippen molar-refractivity contribution in [2.45, 2.75) is 25.8 Å². The molecule has 0 saturated heterocycles. The summed E-state index contributed by atoms with van der Waals surface area (Å²) in [7, 11) is -16.2. The van der Waals surface area contributed by atoms with Gasteiger partial charge in [-0.3, -0.25) is 9.11 Å². The Kier molecular flexibility index (Phi) is 5.54. The molecule has 0 bridgehead atoms. The maximum atomic E-state index is 13.3. The van der Waals surface area contributed by atoms with E-state index in [4.69, 9.17) is 5.73 Å². The fourth-order valence-corrected chi connectivity index (χ4v) is 7.34. The minimum atomic E-state index is -5.45. The second kappa shape index (κ2) is 7.41. The third kappa shape index (κ3) is 4.16. The SMILES string of the molecule is Nc1cc(C(F)(F)F)ccc1S(=O)(=O)c1c(S(=O)(=O)O)cc2ccccc2c1S(=O)(=O)O. The van der Waals surface area contributed by atoms with Crippen molar-refractivity contribution in [2.75, 3.05) is 5.73 Å². The van der Waals surface area contributed by atoms with E-state index in [2.05, 4.69) is 0 Å². The van der Waals surface area contributed by atoms with Crippen LogP contribution in [0.25, 0.3) is 10.8 Å². The van der Waals surface area contributed by atoms with Gasteiger partial charge in [-0.25, -0.2) is 8.42 Å². The number of benzene rings is 3. The smallest absolute Gasteiger partial charge is 0.398 e. The average Bonchev–Trinajstić information content (AvgIpc) is 2.63. The third-order valence-corrected chi connectivity index (χ3v) is 8.34. The summed E-state index contributed by atoms with van der Waals surface area (Å²) in [6, 6.07) is 6.48. The normalized spacial score (nSPS) is 13.4. The molecule has 4 N–H and O–H groups in total. The van der Waals surface area contributed by atoms with Gasteiger partial charge >= 0.3 is 6.18 Å². The van der Waals surface area contributed by atoms with Gasteiger partial charge in [0.15, 0.2) is 0 Å². The van der Waals surface area contributed by atoms with Crippen LogP contribution in [-0.2, 0) is 36.2 Å². The molecular formula is C17H12F3NO8S3. The summed E-state index contributed by atoms with van der Waals surface area (Å²) in [5.41, 5.74) is 3.17. The molecule has 3 aromatic carbocycles. The molecule has 0 amide bonds. The average molecular weight is 511 g/mol. The fraction of sp³-hybridized carbons (Fsp3) is 0.0588. The van der Waals surface area contributed by atoms with Crippen LogP contribution in [0.4, 0.5) is 18.9 Å². The van der Waals surface area contributed by atoms with Gasteiger partial charge in [-0.2, -0.15) is 30.0 Å². The van der Waals surface area contributed by atoms with Crippen molar-refractivity contribution in [3.05, 3.63) is 54.1 Å². The molecule has 3 rings (SSSR count). The minimum Gasteiger partial charge on any atom is -0.398 e. The van der Waals surface area contributed by atoms with Gasteiger partial charge in [0.25, 0.3) is 20.2 Å². The van der Waals surface area contributed by atoms with Gasteiger partial charge < -0.3 is 5.73 Å². The molecular weight excluding hydrogens is 499 g/mol. The Labute approximate surface area is 179 Å². The quantitative estimate of drug-likeness (QED) is 0.352. The Morgan fingerprint density at radius 1 is 0.750 bits per heavy atom. The van der Waals surface area contributed by atoms with Gasteiger partial charge in [0, 0.05) is 5.39 Å². The van der Waals surface area contributed by atoms with E-state index >= 15 is 0 Å². The molecule has 9 nitrogen and oxygen atoms in total. The van der Waals surface area contributed by atoms with Gasteiger partial charge in [-0.15, -0.1) is 0 Å². The molecule has 0 unspecified atom stereocenters. The number of hydrogen-bond donors (Lipinski definition) is 3. The number of alkyl halides is 3. The van der Waals surface area contributed by atoms with Crippen molar-refractivity contribution in [3.8, 4) is 0 Å². The predicted molar refractivity (Wildman–Crippen MR) is 105 cm³/mol. The fourth-order valence-electron chi connectivity index (χ4n) is 3.05. The summed E-state index contributed by atoms with van der Waals surface area (Å²) < 4.78 is 133. The Morgan fingerprint density at radius 2 is 1.34 bits per heavy atom. The van der Waals surface area contributed by atoms with Gasteiger partial charge in [-0.05, 0) is 29.7 Å². The van der Waals surface area contributed by atoms with Crippen LogP contribution in [0.3, 0.4) is 0 Å². The number of nitrogen functional groups attached to an aromatic ring is 1. The van der Waals surface area contributed by atoms with Crippen LogP contribution in [0.15, 0.2) is 68.1 Å². The van der Waals surface area contributed by atoms with Crippen molar-refractivity contribution < 1.29 is 47.5 Å². The highest BCUT2D eigenvalue weighted by Crippen LogP contribution is 2.40. The van der Waals surface area contributed by atoms with Crippen molar-refractivity contribution >= 4 is 46.5 Å². The van der Waals surface area contributed by atoms with E-state index in [-0.39, 0.29) is 11.5 Å². The third-order valence-electron chi connectivity index (χ3n) is 4.35. The molecule has 0 atom stereocenters. The lowest BCUT2D eigenvalue weighted by molar-refractivity contribution is -0.137. The maximum absolute atomic E-state index is 13.3. The zero-order chi connectivity index (χ0) is 24.3. The lowest BCUT2D eigenvalue weighted by Gasteiger charge is -2.17. The van der Waals surface area contributed by atoms with E-state index in [0.717, 1.165) is 6.07 Å². The summed E-state index contributed by atoms with van der Waals surface area (Å²) in [6.07, 6.45) is -4.89. The Bertz CT molecular complexity index is 1580. The number of anilines is 1. The number of sulfone groups is 1. The predicted octanol–water partition coefficient (Wildman–Crippen LogP) is 2.77. The van der Waals surface area contributed by atoms with Gasteiger partial charge in [0.1, 0.15) is 14.7 Å². The molecule has 32 heavy (non-hydrogen) atoms. The number of nitrogens with two attached hydrogens (primary N) is 1. The highest BCUT2D eigenvalue weighted by atomic mass is 32.2. The van der Waals surface area contributed by atoms with Crippen LogP contribution in [0, 0.1) is 0 Å². The molecule has 0 aromatic heterocycles. The summed E-state index contributed by atoms with van der Waals surface area (Å²) in [4.78, 5) is -5.44. The van der Waals surface area contributed by atoms with E-state index in [9.17, 15) is 47.5 Å². The Balaban J connectivity index is 2.55. The molecule has 0 aliphatic heterocycles. The van der Waals surface area contributed by atoms with Crippen LogP contribution in [0.1, 0.15) is 5.56 Å². The van der Waals surface area contributed by atoms with Gasteiger partial charge in [0.2, 0.25) is 9.84 Å². The highest BCUT2D eigenvalue weighted by molar-refractivity contribution is 7.94. The monoisotopic (exact) mass is 511 g/mol. The van der Waals surface area contributed by atoms with Crippen LogP contribution in [0.2, 0.25) is 0 Å². The maximum Gasteiger partial charge on any atom is 0.416 e. The van der Waals surface area contributed by atoms with E-state index in [0.29, 0.717) is 18.2 Å². The largest absolute Gasteiger partial charge is 0.416 e. The zero-order valence-corrected chi connectivity index (χ0v) is 17.8. The molecule has 3 aromatic rings. The van der Waals surface area contributed by atoms with Crippen molar-refractivity contribution in [1.82, 2.24) is 0 Å². The van der Waals surface area contributed by atoms with Crippen LogP contribution >= 0.6 is 0 Å². The first-order valence-electron chi connectivity index (χ1n) is 8.18. The first-order chi connectivity index (χ1) is 14.5. The summed E-state index contributed by atoms with van der Waals surface area (Å²) in [6.45, 7) is 0. The summed E-state index contributed by atoms with van der Waals surface area (Å²) in [5, 5.41) is -0.599. The van der Waals surface area contributed by atoms with Gasteiger partial charge in [0.05, 0.1) is 16.1 Å². The molecule has 0 radical (unpaired) electrons. The lowest BCUT2D eigenvalue weighted by atomic mass is 10.1. The molecule has 0 spiro atoms. The number of halogens is 3. The molecule has 0 heterocycles. The first-order valence-corrected chi connectivity index (χ1v) is 12.5. The standard InChI is InChI=1S/C17H12F3NO8S3/c18-17(19,20)10-5-6-13(12(21)8-10)30(22,23)16-14(31(24,25)26)7-9-3-1-2-4-11(9)15(16)32(27,28)29/h1-8H,21H2,(H,24,25,26)(H,27,28,29). The lowest BCUT2D eigenvalue weighted by Crippen LogP contribution is -2.17. The zero-order valence-electron chi connectivity index (χ0n) is 15.4. The van der Waals surface area contributed by atoms with Crippen molar-refractivity contribution in [2.24, 2.45) is 0 Å². The second-order valence-corrected chi connectivity index (χ2v) is 11.1. The van der Waals surface area contributed by atoms with E-state index in [1.54, 1.807) is 0 Å². The van der Waals surface area contributed by atoms with Gasteiger partial charge in [-0.1, -0.05) is 24.3 Å². The first kappa shape index (κ1) is 23.9. The molecule has 0 saturated carbocycles. The highest BCUT2D eigenvalue weighted by Gasteiger charge is 2.38. The van der Waals surface area contributed by atoms with Crippen molar-refractivity contribution in [1.29, 1.82) is 0 Å². The Morgan fingerprint density at radius 3 is 1.84 bits per heavy atom. The van der Waals surface area contributed by atoms with E-state index < -0.39 is 72.5 Å². The molecule has 15 heteroatoms. The topological polar surface area (TPSA) is 169 Å². The summed E-state index contributed by atoms with van der Waals surface area (Å²) >= 11 is 0. The summed E-state index contributed by atoms with van der Waals surface area (Å²) in [5.74, 6) is 0. The van der Waals surface area contributed by atoms with Crippen LogP contribution in [0.5, 0.6) is 0 Å². The second-order valence-electron chi connectivity index (χ2n) is 6.46. The van der Waals surface area contributed by atoms with Crippen LogP contribution in [-0.4, -0.2) is 34.4 Å². The van der Waals surface area contributed by atoms with Crippen LogP contribution < -0.4 is 5.73 Å².